The van der Waals surface area contributed by atoms with Gasteiger partial charge in [0.2, 0.25) is 0 Å². The van der Waals surface area contributed by atoms with Crippen LogP contribution in [0.2, 0.25) is 5.02 Å². The average Bonchev–Trinajstić information content (AvgIpc) is 2.98. The highest BCUT2D eigenvalue weighted by atomic mass is 35.5. The summed E-state index contributed by atoms with van der Waals surface area (Å²) in [7, 11) is 0. The molecule has 0 saturated carbocycles. The maximum atomic E-state index is 10.8. The highest BCUT2D eigenvalue weighted by molar-refractivity contribution is 6.31. The van der Waals surface area contributed by atoms with Gasteiger partial charge >= 0.3 is 0 Å². The average molecular weight is 298 g/mol. The van der Waals surface area contributed by atoms with Crippen molar-refractivity contribution in [2.45, 2.75) is 6.42 Å². The van der Waals surface area contributed by atoms with Crippen LogP contribution in [-0.4, -0.2) is 21.2 Å². The van der Waals surface area contributed by atoms with Crippen molar-refractivity contribution >= 4 is 17.9 Å². The number of benzene rings is 1. The number of aromatic nitrogens is 3. The van der Waals surface area contributed by atoms with Gasteiger partial charge in [-0.1, -0.05) is 29.8 Å². The number of halogens is 1. The predicted molar refractivity (Wildman–Crippen MR) is 81.5 cm³/mol. The normalized spacial score (nSPS) is 10.5. The molecule has 3 aromatic rings. The van der Waals surface area contributed by atoms with E-state index in [0.29, 0.717) is 23.4 Å². The zero-order valence-electron chi connectivity index (χ0n) is 11.1. The number of H-pyrrole nitrogens is 1. The zero-order chi connectivity index (χ0) is 14.7. The second kappa shape index (κ2) is 5.89. The monoisotopic (exact) mass is 297 g/mol. The highest BCUT2D eigenvalue weighted by Crippen LogP contribution is 2.20. The lowest BCUT2D eigenvalue weighted by atomic mass is 10.1. The molecule has 0 spiro atoms. The van der Waals surface area contributed by atoms with Crippen LogP contribution >= 0.6 is 11.6 Å². The van der Waals surface area contributed by atoms with Crippen LogP contribution < -0.4 is 0 Å². The number of hydrogen-bond donors (Lipinski definition) is 1. The van der Waals surface area contributed by atoms with E-state index in [1.165, 1.54) is 0 Å². The van der Waals surface area contributed by atoms with Crippen LogP contribution in [-0.2, 0) is 6.42 Å². The van der Waals surface area contributed by atoms with Crippen LogP contribution in [0.1, 0.15) is 21.7 Å². The summed E-state index contributed by atoms with van der Waals surface area (Å²) in [5, 5.41) is 0.719. The number of aldehydes is 1. The lowest BCUT2D eigenvalue weighted by Gasteiger charge is -2.00. The zero-order valence-corrected chi connectivity index (χ0v) is 11.8. The Balaban J connectivity index is 1.86. The highest BCUT2D eigenvalue weighted by Gasteiger charge is 2.08. The van der Waals surface area contributed by atoms with E-state index in [1.54, 1.807) is 24.5 Å². The first-order valence-corrected chi connectivity index (χ1v) is 6.83. The Morgan fingerprint density at radius 1 is 1.19 bits per heavy atom. The van der Waals surface area contributed by atoms with Gasteiger partial charge in [0.05, 0.1) is 5.69 Å². The second-order valence-electron chi connectivity index (χ2n) is 4.59. The number of carbonyl (C=O) groups excluding carboxylic acids is 1. The molecule has 0 fully saturated rings. The molecule has 3 rings (SSSR count). The minimum Gasteiger partial charge on any atom is -0.348 e. The Hall–Kier alpha value is -2.46. The molecule has 21 heavy (non-hydrogen) atoms. The standard InChI is InChI=1S/C16H12ClN3O/c17-13-4-2-1-3-12(13)8-16-19-9-15(20-16)14-7-11(10-21)5-6-18-14/h1-7,9-10H,8H2,(H,19,20). The lowest BCUT2D eigenvalue weighted by molar-refractivity contribution is 0.112. The van der Waals surface area contributed by atoms with Crippen molar-refractivity contribution in [2.24, 2.45) is 0 Å². The van der Waals surface area contributed by atoms with Crippen molar-refractivity contribution in [3.63, 3.8) is 0 Å². The van der Waals surface area contributed by atoms with Gasteiger partial charge < -0.3 is 4.98 Å². The Morgan fingerprint density at radius 3 is 2.86 bits per heavy atom. The smallest absolute Gasteiger partial charge is 0.150 e. The van der Waals surface area contributed by atoms with E-state index in [-0.39, 0.29) is 0 Å². The van der Waals surface area contributed by atoms with Crippen LogP contribution in [0, 0.1) is 0 Å². The van der Waals surface area contributed by atoms with Gasteiger partial charge in [0.25, 0.3) is 0 Å². The molecule has 4 nitrogen and oxygen atoms in total. The third-order valence-electron chi connectivity index (χ3n) is 3.13. The molecule has 2 heterocycles. The van der Waals surface area contributed by atoms with Crippen molar-refractivity contribution in [2.75, 3.05) is 0 Å². The topological polar surface area (TPSA) is 58.6 Å². The summed E-state index contributed by atoms with van der Waals surface area (Å²) in [4.78, 5) is 22.7. The number of hydrogen-bond acceptors (Lipinski definition) is 3. The second-order valence-corrected chi connectivity index (χ2v) is 5.00. The molecule has 2 aromatic heterocycles. The van der Waals surface area contributed by atoms with E-state index in [2.05, 4.69) is 15.0 Å². The number of imidazole rings is 1. The molecule has 0 aliphatic rings. The van der Waals surface area contributed by atoms with Crippen LogP contribution in [0.4, 0.5) is 0 Å². The largest absolute Gasteiger partial charge is 0.348 e. The first-order valence-electron chi connectivity index (χ1n) is 6.45. The first-order chi connectivity index (χ1) is 10.3. The number of carbonyl (C=O) groups is 1. The maximum absolute atomic E-state index is 10.8. The number of nitrogens with zero attached hydrogens (tertiary/aromatic N) is 2. The minimum atomic E-state index is 0.579. The van der Waals surface area contributed by atoms with Gasteiger partial charge in [0.1, 0.15) is 17.8 Å². The molecule has 0 saturated heterocycles. The molecule has 5 heteroatoms. The molecule has 0 unspecified atom stereocenters. The van der Waals surface area contributed by atoms with E-state index in [0.717, 1.165) is 22.7 Å². The van der Waals surface area contributed by atoms with Crippen LogP contribution in [0.15, 0.2) is 48.8 Å². The Bertz CT molecular complexity index is 782. The summed E-state index contributed by atoms with van der Waals surface area (Å²) in [5.41, 5.74) is 2.97. The Labute approximate surface area is 126 Å². The number of pyridine rings is 1. The van der Waals surface area contributed by atoms with E-state index in [1.807, 2.05) is 24.3 Å². The van der Waals surface area contributed by atoms with Crippen LogP contribution in [0.25, 0.3) is 11.4 Å². The molecule has 104 valence electrons. The number of rotatable bonds is 4. The van der Waals surface area contributed by atoms with E-state index < -0.39 is 0 Å². The summed E-state index contributed by atoms with van der Waals surface area (Å²) in [6.45, 7) is 0. The van der Waals surface area contributed by atoms with E-state index in [9.17, 15) is 4.79 Å². The van der Waals surface area contributed by atoms with Crippen molar-refractivity contribution in [3.05, 3.63) is 70.8 Å². The van der Waals surface area contributed by atoms with Crippen molar-refractivity contribution in [1.29, 1.82) is 0 Å². The summed E-state index contributed by atoms with van der Waals surface area (Å²) in [6, 6.07) is 11.0. The van der Waals surface area contributed by atoms with Crippen LogP contribution in [0.5, 0.6) is 0 Å². The minimum absolute atomic E-state index is 0.579. The maximum Gasteiger partial charge on any atom is 0.150 e. The van der Waals surface area contributed by atoms with E-state index >= 15 is 0 Å². The van der Waals surface area contributed by atoms with Gasteiger partial charge in [-0.05, 0) is 23.8 Å². The molecule has 0 aliphatic heterocycles. The Morgan fingerprint density at radius 2 is 2.05 bits per heavy atom. The molecule has 1 N–H and O–H groups in total. The fourth-order valence-corrected chi connectivity index (χ4v) is 2.27. The molecule has 0 aliphatic carbocycles. The molecule has 0 bridgehead atoms. The number of nitrogens with one attached hydrogen (secondary N) is 1. The van der Waals surface area contributed by atoms with Crippen molar-refractivity contribution in [3.8, 4) is 11.4 Å². The first kappa shape index (κ1) is 13.5. The summed E-state index contributed by atoms with van der Waals surface area (Å²) in [5.74, 6) is 0.802. The molecule has 0 amide bonds. The van der Waals surface area contributed by atoms with Gasteiger partial charge in [-0.3, -0.25) is 9.78 Å². The van der Waals surface area contributed by atoms with Gasteiger partial charge in [-0.2, -0.15) is 0 Å². The Kier molecular flexibility index (Phi) is 3.79. The van der Waals surface area contributed by atoms with E-state index in [4.69, 9.17) is 11.6 Å². The van der Waals surface area contributed by atoms with Crippen molar-refractivity contribution < 1.29 is 4.79 Å². The fraction of sp³-hybridized carbons (Fsp3) is 0.0625. The van der Waals surface area contributed by atoms with Gasteiger partial charge in [-0.15, -0.1) is 0 Å². The molecular formula is C16H12ClN3O. The molecule has 0 atom stereocenters. The molecular weight excluding hydrogens is 286 g/mol. The summed E-state index contributed by atoms with van der Waals surface area (Å²) < 4.78 is 0. The predicted octanol–water partition coefficient (Wildman–Crippen LogP) is 3.53. The quantitative estimate of drug-likeness (QED) is 0.749. The number of aromatic amines is 1. The summed E-state index contributed by atoms with van der Waals surface area (Å²) >= 11 is 6.14. The molecule has 0 radical (unpaired) electrons. The third kappa shape index (κ3) is 3.01. The lowest BCUT2D eigenvalue weighted by Crippen LogP contribution is -1.92. The fourth-order valence-electron chi connectivity index (χ4n) is 2.07. The van der Waals surface area contributed by atoms with Gasteiger partial charge in [-0.25, -0.2) is 4.98 Å². The van der Waals surface area contributed by atoms with Gasteiger partial charge in [0, 0.05) is 29.4 Å². The van der Waals surface area contributed by atoms with Gasteiger partial charge in [0.15, 0.2) is 0 Å². The molecule has 1 aromatic carbocycles. The SMILES string of the molecule is O=Cc1ccnc(-c2c[nH]c(Cc3ccccc3Cl)n2)c1. The summed E-state index contributed by atoms with van der Waals surface area (Å²) in [6.07, 6.45) is 4.79. The van der Waals surface area contributed by atoms with Crippen LogP contribution in [0.3, 0.4) is 0 Å². The van der Waals surface area contributed by atoms with Crippen molar-refractivity contribution in [1.82, 2.24) is 15.0 Å². The third-order valence-corrected chi connectivity index (χ3v) is 3.50.